The summed E-state index contributed by atoms with van der Waals surface area (Å²) in [6.45, 7) is 1.83. The zero-order valence-corrected chi connectivity index (χ0v) is 11.0. The fourth-order valence-electron chi connectivity index (χ4n) is 2.57. The van der Waals surface area contributed by atoms with Crippen molar-refractivity contribution >= 4 is 11.4 Å². The number of para-hydroxylation sites is 1. The van der Waals surface area contributed by atoms with Gasteiger partial charge in [0.15, 0.2) is 11.6 Å². The standard InChI is InChI=1S/C16H16F2N2/c17-15-7-6-12(10-16(15)18)19-13-8-9-20(11-13)14-4-2-1-3-5-14/h1-7,10,13,19H,8-9,11H2. The Morgan fingerprint density at radius 3 is 2.55 bits per heavy atom. The zero-order valence-electron chi connectivity index (χ0n) is 11.0. The van der Waals surface area contributed by atoms with E-state index < -0.39 is 11.6 Å². The van der Waals surface area contributed by atoms with Crippen LogP contribution in [0.25, 0.3) is 0 Å². The molecule has 1 fully saturated rings. The molecule has 1 unspecified atom stereocenters. The Balaban J connectivity index is 1.64. The predicted molar refractivity (Wildman–Crippen MR) is 77.0 cm³/mol. The third-order valence-electron chi connectivity index (χ3n) is 3.60. The first-order chi connectivity index (χ1) is 9.72. The van der Waals surface area contributed by atoms with E-state index in [9.17, 15) is 8.78 Å². The summed E-state index contributed by atoms with van der Waals surface area (Å²) in [5, 5.41) is 3.26. The van der Waals surface area contributed by atoms with Gasteiger partial charge in [-0.15, -0.1) is 0 Å². The van der Waals surface area contributed by atoms with Gasteiger partial charge in [-0.25, -0.2) is 8.78 Å². The Bertz CT molecular complexity index is 586. The average Bonchev–Trinajstić information content (AvgIpc) is 2.92. The summed E-state index contributed by atoms with van der Waals surface area (Å²) in [6.07, 6.45) is 0.980. The first-order valence-corrected chi connectivity index (χ1v) is 6.74. The lowest BCUT2D eigenvalue weighted by Gasteiger charge is -2.19. The SMILES string of the molecule is Fc1ccc(NC2CCN(c3ccccc3)C2)cc1F. The summed E-state index contributed by atoms with van der Waals surface area (Å²) < 4.78 is 26.1. The lowest BCUT2D eigenvalue weighted by atomic mass is 10.2. The molecule has 104 valence electrons. The van der Waals surface area contributed by atoms with Gasteiger partial charge < -0.3 is 10.2 Å². The fourth-order valence-corrected chi connectivity index (χ4v) is 2.57. The molecule has 2 aromatic carbocycles. The topological polar surface area (TPSA) is 15.3 Å². The third-order valence-corrected chi connectivity index (χ3v) is 3.60. The van der Waals surface area contributed by atoms with Gasteiger partial charge in [0, 0.05) is 36.6 Å². The average molecular weight is 274 g/mol. The molecule has 1 atom stereocenters. The molecule has 0 spiro atoms. The van der Waals surface area contributed by atoms with E-state index in [4.69, 9.17) is 0 Å². The Morgan fingerprint density at radius 2 is 1.80 bits per heavy atom. The Morgan fingerprint density at radius 1 is 1.00 bits per heavy atom. The number of hydrogen-bond donors (Lipinski definition) is 1. The van der Waals surface area contributed by atoms with Gasteiger partial charge in [0.05, 0.1) is 0 Å². The maximum atomic E-state index is 13.2. The van der Waals surface area contributed by atoms with Crippen molar-refractivity contribution in [3.05, 3.63) is 60.2 Å². The molecule has 0 aromatic heterocycles. The van der Waals surface area contributed by atoms with E-state index in [1.165, 1.54) is 11.8 Å². The highest BCUT2D eigenvalue weighted by atomic mass is 19.2. The number of nitrogens with zero attached hydrogens (tertiary/aromatic N) is 1. The Labute approximate surface area is 117 Å². The highest BCUT2D eigenvalue weighted by Gasteiger charge is 2.22. The van der Waals surface area contributed by atoms with E-state index in [0.717, 1.165) is 25.6 Å². The molecule has 2 aromatic rings. The van der Waals surface area contributed by atoms with Crippen molar-refractivity contribution in [3.8, 4) is 0 Å². The Kier molecular flexibility index (Phi) is 3.54. The number of rotatable bonds is 3. The molecule has 20 heavy (non-hydrogen) atoms. The molecule has 0 saturated carbocycles. The first-order valence-electron chi connectivity index (χ1n) is 6.74. The molecule has 4 heteroatoms. The van der Waals surface area contributed by atoms with Crippen LogP contribution in [-0.2, 0) is 0 Å². The number of halogens is 2. The maximum Gasteiger partial charge on any atom is 0.160 e. The van der Waals surface area contributed by atoms with E-state index in [2.05, 4.69) is 22.3 Å². The second-order valence-electron chi connectivity index (χ2n) is 5.04. The highest BCUT2D eigenvalue weighted by molar-refractivity contribution is 5.50. The van der Waals surface area contributed by atoms with Crippen molar-refractivity contribution in [2.45, 2.75) is 12.5 Å². The van der Waals surface area contributed by atoms with Crippen molar-refractivity contribution < 1.29 is 8.78 Å². The normalized spacial score (nSPS) is 18.3. The first kappa shape index (κ1) is 12.9. The number of nitrogens with one attached hydrogen (secondary N) is 1. The van der Waals surface area contributed by atoms with Crippen LogP contribution in [0.15, 0.2) is 48.5 Å². The van der Waals surface area contributed by atoms with E-state index in [-0.39, 0.29) is 6.04 Å². The summed E-state index contributed by atoms with van der Waals surface area (Å²) >= 11 is 0. The minimum absolute atomic E-state index is 0.250. The summed E-state index contributed by atoms with van der Waals surface area (Å²) in [6, 6.07) is 14.4. The molecule has 1 N–H and O–H groups in total. The molecule has 1 aliphatic rings. The molecular weight excluding hydrogens is 258 g/mol. The van der Waals surface area contributed by atoms with Gasteiger partial charge in [-0.05, 0) is 30.7 Å². The van der Waals surface area contributed by atoms with Crippen molar-refractivity contribution in [1.82, 2.24) is 0 Å². The number of hydrogen-bond acceptors (Lipinski definition) is 2. The molecule has 3 rings (SSSR count). The molecule has 1 aliphatic heterocycles. The van der Waals surface area contributed by atoms with Crippen LogP contribution in [0.4, 0.5) is 20.2 Å². The van der Waals surface area contributed by atoms with Crippen LogP contribution in [0.1, 0.15) is 6.42 Å². The summed E-state index contributed by atoms with van der Waals surface area (Å²) in [5.74, 6) is -1.62. The van der Waals surface area contributed by atoms with Gasteiger partial charge in [-0.3, -0.25) is 0 Å². The highest BCUT2D eigenvalue weighted by Crippen LogP contribution is 2.22. The smallest absolute Gasteiger partial charge is 0.160 e. The molecule has 1 heterocycles. The van der Waals surface area contributed by atoms with E-state index >= 15 is 0 Å². The van der Waals surface area contributed by atoms with Crippen molar-refractivity contribution in [2.24, 2.45) is 0 Å². The minimum atomic E-state index is -0.812. The molecule has 0 radical (unpaired) electrons. The fraction of sp³-hybridized carbons (Fsp3) is 0.250. The monoisotopic (exact) mass is 274 g/mol. The number of benzene rings is 2. The second-order valence-corrected chi connectivity index (χ2v) is 5.04. The molecule has 0 amide bonds. The van der Waals surface area contributed by atoms with Gasteiger partial charge in [-0.2, -0.15) is 0 Å². The Hall–Kier alpha value is -2.10. The third kappa shape index (κ3) is 2.74. The molecule has 0 aliphatic carbocycles. The molecule has 0 bridgehead atoms. The molecule has 1 saturated heterocycles. The van der Waals surface area contributed by atoms with Crippen LogP contribution in [0.3, 0.4) is 0 Å². The lowest BCUT2D eigenvalue weighted by Crippen LogP contribution is -2.25. The lowest BCUT2D eigenvalue weighted by molar-refractivity contribution is 0.509. The van der Waals surface area contributed by atoms with Crippen LogP contribution >= 0.6 is 0 Å². The van der Waals surface area contributed by atoms with Crippen LogP contribution in [0, 0.1) is 11.6 Å². The van der Waals surface area contributed by atoms with Crippen molar-refractivity contribution in [1.29, 1.82) is 0 Å². The summed E-state index contributed by atoms with van der Waals surface area (Å²) in [5.41, 5.74) is 1.82. The summed E-state index contributed by atoms with van der Waals surface area (Å²) in [4.78, 5) is 2.29. The predicted octanol–water partition coefficient (Wildman–Crippen LogP) is 3.66. The minimum Gasteiger partial charge on any atom is -0.380 e. The van der Waals surface area contributed by atoms with Gasteiger partial charge in [0.1, 0.15) is 0 Å². The summed E-state index contributed by atoms with van der Waals surface area (Å²) in [7, 11) is 0. The number of anilines is 2. The maximum absolute atomic E-state index is 13.2. The van der Waals surface area contributed by atoms with Crippen LogP contribution in [0.2, 0.25) is 0 Å². The van der Waals surface area contributed by atoms with Crippen molar-refractivity contribution in [3.63, 3.8) is 0 Å². The second kappa shape index (κ2) is 5.49. The molecular formula is C16H16F2N2. The van der Waals surface area contributed by atoms with E-state index in [1.807, 2.05) is 18.2 Å². The molecule has 2 nitrogen and oxygen atoms in total. The van der Waals surface area contributed by atoms with E-state index in [1.54, 1.807) is 6.07 Å². The van der Waals surface area contributed by atoms with Gasteiger partial charge in [-0.1, -0.05) is 18.2 Å². The van der Waals surface area contributed by atoms with Gasteiger partial charge >= 0.3 is 0 Å². The van der Waals surface area contributed by atoms with Gasteiger partial charge in [0.25, 0.3) is 0 Å². The quantitative estimate of drug-likeness (QED) is 0.919. The van der Waals surface area contributed by atoms with Crippen LogP contribution < -0.4 is 10.2 Å². The van der Waals surface area contributed by atoms with Gasteiger partial charge in [0.2, 0.25) is 0 Å². The van der Waals surface area contributed by atoms with Crippen molar-refractivity contribution in [2.75, 3.05) is 23.3 Å². The van der Waals surface area contributed by atoms with Crippen LogP contribution in [-0.4, -0.2) is 19.1 Å². The van der Waals surface area contributed by atoms with E-state index in [0.29, 0.717) is 5.69 Å². The zero-order chi connectivity index (χ0) is 13.9. The largest absolute Gasteiger partial charge is 0.380 e. The van der Waals surface area contributed by atoms with Crippen LogP contribution in [0.5, 0.6) is 0 Å².